The molecule has 0 radical (unpaired) electrons. The van der Waals surface area contributed by atoms with Gasteiger partial charge in [-0.1, -0.05) is 20.3 Å². The number of nitrogens with one attached hydrogen (secondary N) is 1. The van der Waals surface area contributed by atoms with E-state index in [1.165, 1.54) is 0 Å². The number of aliphatic hydroxyl groups is 1. The van der Waals surface area contributed by atoms with Crippen LogP contribution in [0.25, 0.3) is 0 Å². The van der Waals surface area contributed by atoms with Crippen LogP contribution in [0.15, 0.2) is 16.5 Å². The van der Waals surface area contributed by atoms with Gasteiger partial charge < -0.3 is 14.8 Å². The van der Waals surface area contributed by atoms with Gasteiger partial charge in [0.05, 0.1) is 0 Å². The molecular weight excluding hydrogens is 190 g/mol. The molecule has 1 heterocycles. The summed E-state index contributed by atoms with van der Waals surface area (Å²) in [6, 6.07) is 3.69. The quantitative estimate of drug-likeness (QED) is 0.758. The van der Waals surface area contributed by atoms with Gasteiger partial charge in [-0.2, -0.15) is 0 Å². The zero-order valence-electron chi connectivity index (χ0n) is 9.79. The second-order valence-corrected chi connectivity index (χ2v) is 4.14. The number of hydrogen-bond donors (Lipinski definition) is 2. The maximum absolute atomic E-state index is 9.76. The van der Waals surface area contributed by atoms with E-state index in [1.807, 2.05) is 19.1 Å². The molecular formula is C12H21NO2. The molecule has 2 atom stereocenters. The SMILES string of the molecule is CCC(C)CNCC(O)c1ccc(C)o1. The molecule has 0 fully saturated rings. The van der Waals surface area contributed by atoms with Crippen LogP contribution in [-0.2, 0) is 0 Å². The molecule has 0 aromatic carbocycles. The predicted octanol–water partition coefficient (Wildman–Crippen LogP) is 2.26. The van der Waals surface area contributed by atoms with Crippen LogP contribution < -0.4 is 5.32 Å². The van der Waals surface area contributed by atoms with Gasteiger partial charge in [-0.3, -0.25) is 0 Å². The average molecular weight is 211 g/mol. The number of hydrogen-bond acceptors (Lipinski definition) is 3. The van der Waals surface area contributed by atoms with E-state index in [-0.39, 0.29) is 0 Å². The summed E-state index contributed by atoms with van der Waals surface area (Å²) in [5.74, 6) is 2.13. The third kappa shape index (κ3) is 4.06. The lowest BCUT2D eigenvalue weighted by atomic mass is 10.1. The van der Waals surface area contributed by atoms with E-state index < -0.39 is 6.10 Å². The Morgan fingerprint density at radius 1 is 1.40 bits per heavy atom. The van der Waals surface area contributed by atoms with Crippen molar-refractivity contribution in [2.24, 2.45) is 5.92 Å². The van der Waals surface area contributed by atoms with Crippen LogP contribution in [0.1, 0.15) is 37.9 Å². The van der Waals surface area contributed by atoms with Crippen molar-refractivity contribution in [3.63, 3.8) is 0 Å². The van der Waals surface area contributed by atoms with Crippen LogP contribution >= 0.6 is 0 Å². The number of aliphatic hydroxyl groups excluding tert-OH is 1. The fourth-order valence-electron chi connectivity index (χ4n) is 1.34. The molecule has 1 aromatic rings. The van der Waals surface area contributed by atoms with Crippen LogP contribution in [0.4, 0.5) is 0 Å². The molecule has 0 amide bonds. The van der Waals surface area contributed by atoms with Gasteiger partial charge in [0.1, 0.15) is 17.6 Å². The summed E-state index contributed by atoms with van der Waals surface area (Å²) in [4.78, 5) is 0. The number of furan rings is 1. The minimum atomic E-state index is -0.539. The third-order valence-corrected chi connectivity index (χ3v) is 2.62. The average Bonchev–Trinajstić information content (AvgIpc) is 2.64. The Morgan fingerprint density at radius 2 is 2.13 bits per heavy atom. The van der Waals surface area contributed by atoms with Gasteiger partial charge in [0, 0.05) is 6.54 Å². The van der Waals surface area contributed by atoms with Crippen molar-refractivity contribution in [1.29, 1.82) is 0 Å². The molecule has 2 N–H and O–H groups in total. The molecule has 2 unspecified atom stereocenters. The Hall–Kier alpha value is -0.800. The first-order valence-electron chi connectivity index (χ1n) is 5.58. The zero-order chi connectivity index (χ0) is 11.3. The molecule has 0 saturated carbocycles. The molecule has 0 bridgehead atoms. The number of aryl methyl sites for hydroxylation is 1. The maximum Gasteiger partial charge on any atom is 0.133 e. The first-order chi connectivity index (χ1) is 7.13. The summed E-state index contributed by atoms with van der Waals surface area (Å²) >= 11 is 0. The van der Waals surface area contributed by atoms with E-state index >= 15 is 0 Å². The van der Waals surface area contributed by atoms with E-state index in [4.69, 9.17) is 4.42 Å². The van der Waals surface area contributed by atoms with E-state index in [1.54, 1.807) is 0 Å². The zero-order valence-corrected chi connectivity index (χ0v) is 9.79. The monoisotopic (exact) mass is 211 g/mol. The predicted molar refractivity (Wildman–Crippen MR) is 60.7 cm³/mol. The van der Waals surface area contributed by atoms with E-state index in [2.05, 4.69) is 19.2 Å². The highest BCUT2D eigenvalue weighted by Crippen LogP contribution is 2.15. The van der Waals surface area contributed by atoms with Crippen molar-refractivity contribution in [2.75, 3.05) is 13.1 Å². The summed E-state index contributed by atoms with van der Waals surface area (Å²) in [5, 5.41) is 13.0. The van der Waals surface area contributed by atoms with Crippen LogP contribution in [0, 0.1) is 12.8 Å². The smallest absolute Gasteiger partial charge is 0.133 e. The van der Waals surface area contributed by atoms with Crippen molar-refractivity contribution in [1.82, 2.24) is 5.32 Å². The summed E-state index contributed by atoms with van der Waals surface area (Å²) in [7, 11) is 0. The van der Waals surface area contributed by atoms with Gasteiger partial charge in [0.15, 0.2) is 0 Å². The minimum Gasteiger partial charge on any atom is -0.464 e. The third-order valence-electron chi connectivity index (χ3n) is 2.62. The number of rotatable bonds is 6. The van der Waals surface area contributed by atoms with Gasteiger partial charge in [0.25, 0.3) is 0 Å². The maximum atomic E-state index is 9.76. The molecule has 0 saturated heterocycles. The van der Waals surface area contributed by atoms with Crippen LogP contribution in [0.3, 0.4) is 0 Å². The molecule has 0 aliphatic heterocycles. The summed E-state index contributed by atoms with van der Waals surface area (Å²) < 4.78 is 5.34. The van der Waals surface area contributed by atoms with Crippen molar-refractivity contribution < 1.29 is 9.52 Å². The molecule has 15 heavy (non-hydrogen) atoms. The lowest BCUT2D eigenvalue weighted by molar-refractivity contribution is 0.145. The highest BCUT2D eigenvalue weighted by atomic mass is 16.4. The topological polar surface area (TPSA) is 45.4 Å². The van der Waals surface area contributed by atoms with Crippen LogP contribution in [0.5, 0.6) is 0 Å². The molecule has 0 aliphatic carbocycles. The van der Waals surface area contributed by atoms with Gasteiger partial charge in [-0.25, -0.2) is 0 Å². The summed E-state index contributed by atoms with van der Waals surface area (Å²) in [5.41, 5.74) is 0. The van der Waals surface area contributed by atoms with Gasteiger partial charge in [0.2, 0.25) is 0 Å². The lowest BCUT2D eigenvalue weighted by Crippen LogP contribution is -2.25. The van der Waals surface area contributed by atoms with Gasteiger partial charge in [-0.15, -0.1) is 0 Å². The highest BCUT2D eigenvalue weighted by Gasteiger charge is 2.11. The van der Waals surface area contributed by atoms with E-state index in [0.717, 1.165) is 18.7 Å². The molecule has 0 aliphatic rings. The molecule has 1 rings (SSSR count). The van der Waals surface area contributed by atoms with Gasteiger partial charge in [-0.05, 0) is 31.5 Å². The van der Waals surface area contributed by atoms with Gasteiger partial charge >= 0.3 is 0 Å². The lowest BCUT2D eigenvalue weighted by Gasteiger charge is -2.12. The molecule has 0 spiro atoms. The van der Waals surface area contributed by atoms with Crippen molar-refractivity contribution in [3.05, 3.63) is 23.7 Å². The largest absolute Gasteiger partial charge is 0.464 e. The minimum absolute atomic E-state index is 0.539. The second-order valence-electron chi connectivity index (χ2n) is 4.14. The molecule has 1 aromatic heterocycles. The molecule has 3 heteroatoms. The normalized spacial score (nSPS) is 15.2. The Morgan fingerprint density at radius 3 is 2.67 bits per heavy atom. The van der Waals surface area contributed by atoms with E-state index in [0.29, 0.717) is 18.2 Å². The Labute approximate surface area is 91.5 Å². The second kappa shape index (κ2) is 5.93. The van der Waals surface area contributed by atoms with Crippen LogP contribution in [-0.4, -0.2) is 18.2 Å². The fraction of sp³-hybridized carbons (Fsp3) is 0.667. The fourth-order valence-corrected chi connectivity index (χ4v) is 1.34. The summed E-state index contributed by atoms with van der Waals surface area (Å²) in [6.45, 7) is 7.72. The highest BCUT2D eigenvalue weighted by molar-refractivity contribution is 5.08. The van der Waals surface area contributed by atoms with Crippen molar-refractivity contribution in [3.8, 4) is 0 Å². The van der Waals surface area contributed by atoms with Crippen molar-refractivity contribution >= 4 is 0 Å². The van der Waals surface area contributed by atoms with Crippen LogP contribution in [0.2, 0.25) is 0 Å². The Balaban J connectivity index is 2.27. The first-order valence-corrected chi connectivity index (χ1v) is 5.58. The standard InChI is InChI=1S/C12H21NO2/c1-4-9(2)7-13-8-11(14)12-6-5-10(3)15-12/h5-6,9,11,13-14H,4,7-8H2,1-3H3. The summed E-state index contributed by atoms with van der Waals surface area (Å²) in [6.07, 6.45) is 0.617. The molecule has 3 nitrogen and oxygen atoms in total. The van der Waals surface area contributed by atoms with Crippen molar-refractivity contribution in [2.45, 2.75) is 33.3 Å². The first kappa shape index (κ1) is 12.3. The Bertz CT molecular complexity index is 283. The molecule has 86 valence electrons. The Kier molecular flexibility index (Phi) is 4.85. The van der Waals surface area contributed by atoms with E-state index in [9.17, 15) is 5.11 Å².